The lowest BCUT2D eigenvalue weighted by molar-refractivity contribution is 0.376. The fourth-order valence-electron chi connectivity index (χ4n) is 1.50. The molecule has 0 saturated carbocycles. The summed E-state index contributed by atoms with van der Waals surface area (Å²) < 4.78 is 5.20. The van der Waals surface area contributed by atoms with Crippen molar-refractivity contribution < 1.29 is 4.52 Å². The van der Waals surface area contributed by atoms with Gasteiger partial charge in [0.05, 0.1) is 13.0 Å². The Hall–Kier alpha value is -1.68. The summed E-state index contributed by atoms with van der Waals surface area (Å²) in [5.74, 6) is 1.38. The summed E-state index contributed by atoms with van der Waals surface area (Å²) in [6, 6.07) is 10.5. The van der Waals surface area contributed by atoms with Crippen LogP contribution >= 0.6 is 0 Å². The first-order chi connectivity index (χ1) is 8.24. The predicted molar refractivity (Wildman–Crippen MR) is 65.5 cm³/mol. The van der Waals surface area contributed by atoms with Crippen LogP contribution in [0.2, 0.25) is 0 Å². The summed E-state index contributed by atoms with van der Waals surface area (Å²) in [6.45, 7) is 4.83. The van der Waals surface area contributed by atoms with Crippen molar-refractivity contribution in [1.82, 2.24) is 15.5 Å². The highest BCUT2D eigenvalue weighted by Gasteiger charge is 2.07. The molecule has 4 heteroatoms. The van der Waals surface area contributed by atoms with Gasteiger partial charge >= 0.3 is 0 Å². The van der Waals surface area contributed by atoms with Crippen molar-refractivity contribution in [2.24, 2.45) is 0 Å². The van der Waals surface area contributed by atoms with Crippen LogP contribution in [0, 0.1) is 0 Å². The average Bonchev–Trinajstić information content (AvgIpc) is 2.75. The molecule has 1 heterocycles. The van der Waals surface area contributed by atoms with Crippen LogP contribution in [0.5, 0.6) is 0 Å². The van der Waals surface area contributed by atoms with Crippen molar-refractivity contribution in [2.75, 3.05) is 0 Å². The molecule has 0 aliphatic rings. The fourth-order valence-corrected chi connectivity index (χ4v) is 1.50. The summed E-state index contributed by atoms with van der Waals surface area (Å²) in [7, 11) is 0. The molecule has 0 aliphatic carbocycles. The van der Waals surface area contributed by atoms with Gasteiger partial charge in [-0.3, -0.25) is 0 Å². The van der Waals surface area contributed by atoms with Crippen molar-refractivity contribution in [3.63, 3.8) is 0 Å². The normalized spacial score (nSPS) is 11.0. The maximum absolute atomic E-state index is 5.20. The Kier molecular flexibility index (Phi) is 3.88. The van der Waals surface area contributed by atoms with Crippen molar-refractivity contribution in [2.45, 2.75) is 32.9 Å². The standard InChI is InChI=1S/C13H17N3O/c1-10(2)14-9-12-15-13(17-16-12)8-11-6-4-3-5-7-11/h3-7,10,14H,8-9H2,1-2H3. The number of benzene rings is 1. The molecule has 1 aromatic carbocycles. The number of aromatic nitrogens is 2. The van der Waals surface area contributed by atoms with E-state index < -0.39 is 0 Å². The van der Waals surface area contributed by atoms with Gasteiger partial charge < -0.3 is 9.84 Å². The van der Waals surface area contributed by atoms with E-state index in [4.69, 9.17) is 4.52 Å². The summed E-state index contributed by atoms with van der Waals surface area (Å²) in [5, 5.41) is 7.19. The minimum Gasteiger partial charge on any atom is -0.339 e. The first-order valence-corrected chi connectivity index (χ1v) is 5.83. The molecule has 0 radical (unpaired) electrons. The van der Waals surface area contributed by atoms with E-state index in [9.17, 15) is 0 Å². The minimum atomic E-state index is 0.422. The van der Waals surface area contributed by atoms with Gasteiger partial charge in [-0.05, 0) is 5.56 Å². The molecular formula is C13H17N3O. The maximum Gasteiger partial charge on any atom is 0.231 e. The van der Waals surface area contributed by atoms with Crippen LogP contribution in [0.3, 0.4) is 0 Å². The van der Waals surface area contributed by atoms with E-state index in [1.54, 1.807) is 0 Å². The Bertz CT molecular complexity index is 451. The zero-order valence-electron chi connectivity index (χ0n) is 10.2. The lowest BCUT2D eigenvalue weighted by Crippen LogP contribution is -2.22. The van der Waals surface area contributed by atoms with Crippen LogP contribution in [0.25, 0.3) is 0 Å². The monoisotopic (exact) mass is 231 g/mol. The molecule has 1 aromatic heterocycles. The molecule has 0 saturated heterocycles. The van der Waals surface area contributed by atoms with Crippen LogP contribution in [-0.2, 0) is 13.0 Å². The second-order valence-electron chi connectivity index (χ2n) is 4.30. The molecule has 17 heavy (non-hydrogen) atoms. The highest BCUT2D eigenvalue weighted by Crippen LogP contribution is 2.07. The van der Waals surface area contributed by atoms with Gasteiger partial charge in [0.25, 0.3) is 0 Å². The van der Waals surface area contributed by atoms with Crippen molar-refractivity contribution in [3.8, 4) is 0 Å². The predicted octanol–water partition coefficient (Wildman–Crippen LogP) is 2.16. The van der Waals surface area contributed by atoms with Gasteiger partial charge in [0.2, 0.25) is 5.89 Å². The molecule has 0 unspecified atom stereocenters. The lowest BCUT2D eigenvalue weighted by Gasteiger charge is -2.03. The molecule has 0 fully saturated rings. The summed E-state index contributed by atoms with van der Waals surface area (Å²) in [5.41, 5.74) is 1.18. The molecule has 2 rings (SSSR count). The van der Waals surface area contributed by atoms with E-state index in [2.05, 4.69) is 41.4 Å². The van der Waals surface area contributed by atoms with Crippen molar-refractivity contribution in [1.29, 1.82) is 0 Å². The highest BCUT2D eigenvalue weighted by molar-refractivity contribution is 5.17. The first kappa shape index (κ1) is 11.8. The Balaban J connectivity index is 1.94. The van der Waals surface area contributed by atoms with Crippen LogP contribution in [0.1, 0.15) is 31.1 Å². The van der Waals surface area contributed by atoms with E-state index in [0.717, 1.165) is 0 Å². The van der Waals surface area contributed by atoms with E-state index in [1.165, 1.54) is 5.56 Å². The summed E-state index contributed by atoms with van der Waals surface area (Å²) in [4.78, 5) is 4.34. The van der Waals surface area contributed by atoms with Crippen LogP contribution in [0.15, 0.2) is 34.9 Å². The zero-order valence-corrected chi connectivity index (χ0v) is 10.2. The topological polar surface area (TPSA) is 51.0 Å². The smallest absolute Gasteiger partial charge is 0.231 e. The Morgan fingerprint density at radius 2 is 2.00 bits per heavy atom. The molecule has 0 aliphatic heterocycles. The van der Waals surface area contributed by atoms with Gasteiger partial charge in [-0.25, -0.2) is 0 Å². The molecule has 0 bridgehead atoms. The van der Waals surface area contributed by atoms with Gasteiger partial charge in [0.15, 0.2) is 5.82 Å². The van der Waals surface area contributed by atoms with Crippen LogP contribution < -0.4 is 5.32 Å². The molecule has 4 nitrogen and oxygen atoms in total. The second kappa shape index (κ2) is 5.59. The quantitative estimate of drug-likeness (QED) is 0.856. The fraction of sp³-hybridized carbons (Fsp3) is 0.385. The number of hydrogen-bond donors (Lipinski definition) is 1. The molecule has 0 spiro atoms. The third kappa shape index (κ3) is 3.67. The second-order valence-corrected chi connectivity index (χ2v) is 4.30. The Morgan fingerprint density at radius 3 is 2.71 bits per heavy atom. The van der Waals surface area contributed by atoms with E-state index >= 15 is 0 Å². The van der Waals surface area contributed by atoms with Gasteiger partial charge in [-0.2, -0.15) is 4.98 Å². The average molecular weight is 231 g/mol. The number of hydrogen-bond acceptors (Lipinski definition) is 4. The summed E-state index contributed by atoms with van der Waals surface area (Å²) in [6.07, 6.45) is 0.690. The van der Waals surface area contributed by atoms with Gasteiger partial charge in [0.1, 0.15) is 0 Å². The lowest BCUT2D eigenvalue weighted by atomic mass is 10.1. The third-order valence-corrected chi connectivity index (χ3v) is 2.38. The largest absolute Gasteiger partial charge is 0.339 e. The number of rotatable bonds is 5. The van der Waals surface area contributed by atoms with E-state index in [-0.39, 0.29) is 0 Å². The zero-order chi connectivity index (χ0) is 12.1. The van der Waals surface area contributed by atoms with Crippen molar-refractivity contribution in [3.05, 3.63) is 47.6 Å². The molecule has 90 valence electrons. The minimum absolute atomic E-state index is 0.422. The maximum atomic E-state index is 5.20. The van der Waals surface area contributed by atoms with Crippen LogP contribution in [0.4, 0.5) is 0 Å². The number of nitrogens with one attached hydrogen (secondary N) is 1. The van der Waals surface area contributed by atoms with E-state index in [0.29, 0.717) is 30.7 Å². The molecule has 0 amide bonds. The van der Waals surface area contributed by atoms with Crippen LogP contribution in [-0.4, -0.2) is 16.2 Å². The Labute approximate surface area is 101 Å². The molecule has 2 aromatic rings. The first-order valence-electron chi connectivity index (χ1n) is 5.83. The van der Waals surface area contributed by atoms with Gasteiger partial charge in [0, 0.05) is 6.04 Å². The van der Waals surface area contributed by atoms with Crippen molar-refractivity contribution >= 4 is 0 Å². The molecule has 0 atom stereocenters. The van der Waals surface area contributed by atoms with Gasteiger partial charge in [-0.1, -0.05) is 49.3 Å². The van der Waals surface area contributed by atoms with Gasteiger partial charge in [-0.15, -0.1) is 0 Å². The third-order valence-electron chi connectivity index (χ3n) is 2.38. The van der Waals surface area contributed by atoms with E-state index in [1.807, 2.05) is 18.2 Å². The SMILES string of the molecule is CC(C)NCc1noc(Cc2ccccc2)n1. The Morgan fingerprint density at radius 1 is 1.24 bits per heavy atom. The molecular weight excluding hydrogens is 214 g/mol. The number of nitrogens with zero attached hydrogens (tertiary/aromatic N) is 2. The molecule has 1 N–H and O–H groups in total. The highest BCUT2D eigenvalue weighted by atomic mass is 16.5. The summed E-state index contributed by atoms with van der Waals surface area (Å²) >= 11 is 0.